The SMILES string of the molecule is CN(C(=O)C(F)(F)F)[C@@H]1CCN(C(=O)N2CC[C@@H](Cn3ccc(-c4ccccc4F)cc3=O)C3(CCCC3)C2)[C@H](c2ccccc2)C1. The minimum atomic E-state index is -4.96. The molecule has 0 unspecified atom stereocenters. The van der Waals surface area contributed by atoms with Crippen LogP contribution in [0.15, 0.2) is 77.7 Å². The lowest BCUT2D eigenvalue weighted by atomic mass is 9.69. The van der Waals surface area contributed by atoms with Gasteiger partial charge in [-0.05, 0) is 66.7 Å². The molecule has 1 saturated carbocycles. The van der Waals surface area contributed by atoms with Gasteiger partial charge in [0.15, 0.2) is 0 Å². The maximum Gasteiger partial charge on any atom is 0.471 e. The molecule has 2 aromatic carbocycles. The topological polar surface area (TPSA) is 65.9 Å². The van der Waals surface area contributed by atoms with Crippen LogP contribution >= 0.6 is 0 Å². The predicted octanol–water partition coefficient (Wildman–Crippen LogP) is 6.88. The van der Waals surface area contributed by atoms with Gasteiger partial charge in [0.2, 0.25) is 0 Å². The smallest absolute Gasteiger partial charge is 0.335 e. The van der Waals surface area contributed by atoms with E-state index in [4.69, 9.17) is 0 Å². The van der Waals surface area contributed by atoms with Gasteiger partial charge in [-0.2, -0.15) is 13.2 Å². The zero-order valence-corrected chi connectivity index (χ0v) is 26.5. The fourth-order valence-electron chi connectivity index (χ4n) is 8.12. The van der Waals surface area contributed by atoms with Crippen LogP contribution in [0.2, 0.25) is 0 Å². The van der Waals surface area contributed by atoms with Gasteiger partial charge in [-0.3, -0.25) is 9.59 Å². The van der Waals surface area contributed by atoms with Crippen molar-refractivity contribution >= 4 is 11.9 Å². The summed E-state index contributed by atoms with van der Waals surface area (Å²) in [6.07, 6.45) is 1.91. The highest BCUT2D eigenvalue weighted by Crippen LogP contribution is 2.49. The Morgan fingerprint density at radius 2 is 1.66 bits per heavy atom. The molecule has 2 aliphatic heterocycles. The van der Waals surface area contributed by atoms with Gasteiger partial charge in [-0.25, -0.2) is 9.18 Å². The number of rotatable bonds is 5. The van der Waals surface area contributed by atoms with E-state index in [0.717, 1.165) is 36.1 Å². The van der Waals surface area contributed by atoms with Crippen molar-refractivity contribution in [3.05, 3.63) is 94.7 Å². The van der Waals surface area contributed by atoms with E-state index in [2.05, 4.69) is 0 Å². The van der Waals surface area contributed by atoms with Gasteiger partial charge in [0, 0.05) is 57.1 Å². The van der Waals surface area contributed by atoms with E-state index >= 15 is 0 Å². The lowest BCUT2D eigenvalue weighted by Crippen LogP contribution is -2.57. The first-order valence-electron chi connectivity index (χ1n) is 16.4. The number of amides is 3. The lowest BCUT2D eigenvalue weighted by molar-refractivity contribution is -0.187. The first-order chi connectivity index (χ1) is 22.5. The molecule has 1 aliphatic carbocycles. The Bertz CT molecular complexity index is 1650. The van der Waals surface area contributed by atoms with Gasteiger partial charge in [0.1, 0.15) is 5.82 Å². The Balaban J connectivity index is 1.19. The first kappa shape index (κ1) is 32.8. The summed E-state index contributed by atoms with van der Waals surface area (Å²) in [6.45, 7) is 1.79. The number of benzene rings is 2. The molecule has 0 N–H and O–H groups in total. The molecule has 1 aromatic heterocycles. The summed E-state index contributed by atoms with van der Waals surface area (Å²) in [6, 6.07) is 17.6. The standard InChI is InChI=1S/C36H40F4N4O3/c1-41(33(46)36(38,39)40)28-15-20-44(31(22-28)25-9-3-2-4-10-25)34(47)43-19-14-27(35(24-43)16-7-8-17-35)23-42-18-13-26(21-32(42)45)29-11-5-6-12-30(29)37/h2-6,9-13,18,21,27-28,31H,7-8,14-17,19-20,22-24H2,1H3/t27-,28+,31-/m0/s1. The van der Waals surface area contributed by atoms with Crippen LogP contribution in [0.25, 0.3) is 11.1 Å². The number of carbonyl (C=O) groups excluding carboxylic acids is 2. The summed E-state index contributed by atoms with van der Waals surface area (Å²) in [5.74, 6) is -2.09. The van der Waals surface area contributed by atoms with E-state index in [1.807, 2.05) is 35.2 Å². The fourth-order valence-corrected chi connectivity index (χ4v) is 8.12. The summed E-state index contributed by atoms with van der Waals surface area (Å²) in [7, 11) is 1.19. The Morgan fingerprint density at radius 3 is 2.34 bits per heavy atom. The molecule has 1 spiro atoms. The number of alkyl halides is 3. The van der Waals surface area contributed by atoms with Gasteiger partial charge in [-0.15, -0.1) is 0 Å². The number of halogens is 4. The molecule has 0 radical (unpaired) electrons. The largest absolute Gasteiger partial charge is 0.471 e. The minimum absolute atomic E-state index is 0.141. The zero-order valence-electron chi connectivity index (χ0n) is 26.5. The number of hydrogen-bond donors (Lipinski definition) is 0. The molecule has 6 rings (SSSR count). The number of nitrogens with zero attached hydrogens (tertiary/aromatic N) is 4. The number of hydrogen-bond acceptors (Lipinski definition) is 3. The van der Waals surface area contributed by atoms with Crippen LogP contribution < -0.4 is 5.56 Å². The van der Waals surface area contributed by atoms with Crippen molar-refractivity contribution in [1.82, 2.24) is 19.3 Å². The molecule has 47 heavy (non-hydrogen) atoms. The molecule has 3 aromatic rings. The van der Waals surface area contributed by atoms with Crippen molar-refractivity contribution in [1.29, 1.82) is 0 Å². The van der Waals surface area contributed by atoms with Crippen LogP contribution in [0, 0.1) is 17.2 Å². The maximum absolute atomic E-state index is 14.4. The third-order valence-corrected chi connectivity index (χ3v) is 10.7. The summed E-state index contributed by atoms with van der Waals surface area (Å²) < 4.78 is 55.9. The molecule has 11 heteroatoms. The van der Waals surface area contributed by atoms with Crippen LogP contribution in [-0.2, 0) is 11.3 Å². The quantitative estimate of drug-likeness (QED) is 0.282. The molecule has 3 aliphatic rings. The van der Waals surface area contributed by atoms with Crippen molar-refractivity contribution in [2.45, 2.75) is 69.8 Å². The number of pyridine rings is 1. The highest BCUT2D eigenvalue weighted by molar-refractivity contribution is 5.82. The number of aromatic nitrogens is 1. The summed E-state index contributed by atoms with van der Waals surface area (Å²) in [5.41, 5.74) is 1.39. The maximum atomic E-state index is 14.4. The van der Waals surface area contributed by atoms with Gasteiger partial charge in [0.25, 0.3) is 5.56 Å². The van der Waals surface area contributed by atoms with E-state index in [1.54, 1.807) is 39.9 Å². The van der Waals surface area contributed by atoms with Gasteiger partial charge < -0.3 is 19.3 Å². The molecule has 3 amide bonds. The number of likely N-dealkylation sites (tertiary alicyclic amines) is 2. The van der Waals surface area contributed by atoms with Crippen molar-refractivity contribution in [2.24, 2.45) is 11.3 Å². The van der Waals surface area contributed by atoms with Crippen LogP contribution in [0.5, 0.6) is 0 Å². The monoisotopic (exact) mass is 652 g/mol. The normalized spacial score (nSPS) is 22.8. The molecule has 3 atom stereocenters. The molecule has 250 valence electrons. The second kappa shape index (κ2) is 13.2. The number of piperidine rings is 2. The Kier molecular flexibility index (Phi) is 9.18. The average Bonchev–Trinajstić information content (AvgIpc) is 3.54. The van der Waals surface area contributed by atoms with Crippen molar-refractivity contribution in [3.8, 4) is 11.1 Å². The Hall–Kier alpha value is -4.15. The van der Waals surface area contributed by atoms with Gasteiger partial charge in [0.05, 0.1) is 6.04 Å². The molecule has 2 saturated heterocycles. The van der Waals surface area contributed by atoms with E-state index in [0.29, 0.717) is 37.2 Å². The highest BCUT2D eigenvalue weighted by Gasteiger charge is 2.49. The van der Waals surface area contributed by atoms with Crippen molar-refractivity contribution in [3.63, 3.8) is 0 Å². The van der Waals surface area contributed by atoms with Crippen LogP contribution in [0.1, 0.15) is 56.6 Å². The highest BCUT2D eigenvalue weighted by atomic mass is 19.4. The zero-order chi connectivity index (χ0) is 33.3. The van der Waals surface area contributed by atoms with Crippen molar-refractivity contribution < 1.29 is 27.2 Å². The van der Waals surface area contributed by atoms with E-state index < -0.39 is 24.2 Å². The molecule has 0 bridgehead atoms. The number of urea groups is 1. The third kappa shape index (κ3) is 6.67. The molecular weight excluding hydrogens is 612 g/mol. The second-order valence-electron chi connectivity index (χ2n) is 13.4. The van der Waals surface area contributed by atoms with Crippen molar-refractivity contribution in [2.75, 3.05) is 26.7 Å². The predicted molar refractivity (Wildman–Crippen MR) is 170 cm³/mol. The Morgan fingerprint density at radius 1 is 0.957 bits per heavy atom. The minimum Gasteiger partial charge on any atom is -0.335 e. The first-order valence-corrected chi connectivity index (χ1v) is 16.4. The lowest BCUT2D eigenvalue weighted by Gasteiger charge is -2.50. The van der Waals surface area contributed by atoms with Crippen LogP contribution in [0.3, 0.4) is 0 Å². The fraction of sp³-hybridized carbons (Fsp3) is 0.472. The summed E-state index contributed by atoms with van der Waals surface area (Å²) in [5, 5.41) is 0. The third-order valence-electron chi connectivity index (χ3n) is 10.7. The van der Waals surface area contributed by atoms with E-state index in [1.165, 1.54) is 19.2 Å². The molecule has 7 nitrogen and oxygen atoms in total. The van der Waals surface area contributed by atoms with Crippen LogP contribution in [-0.4, -0.2) is 70.1 Å². The van der Waals surface area contributed by atoms with Gasteiger partial charge >= 0.3 is 18.1 Å². The van der Waals surface area contributed by atoms with Crippen LogP contribution in [0.4, 0.5) is 22.4 Å². The van der Waals surface area contributed by atoms with Gasteiger partial charge in [-0.1, -0.05) is 61.4 Å². The molecule has 3 heterocycles. The molecular formula is C36H40F4N4O3. The Labute approximate surface area is 271 Å². The summed E-state index contributed by atoms with van der Waals surface area (Å²) >= 11 is 0. The summed E-state index contributed by atoms with van der Waals surface area (Å²) in [4.78, 5) is 44.0. The van der Waals surface area contributed by atoms with E-state index in [9.17, 15) is 31.9 Å². The second-order valence-corrected chi connectivity index (χ2v) is 13.4. The average molecular weight is 653 g/mol. The van der Waals surface area contributed by atoms with E-state index in [-0.39, 0.29) is 48.1 Å². The number of carbonyl (C=O) groups is 2. The molecule has 3 fully saturated rings.